The van der Waals surface area contributed by atoms with Crippen LogP contribution in [-0.4, -0.2) is 47.4 Å². The van der Waals surface area contributed by atoms with E-state index in [9.17, 15) is 19.8 Å². The molecule has 6 nitrogen and oxygen atoms in total. The number of carbonyl (C=O) groups is 2. The molecule has 0 spiro atoms. The summed E-state index contributed by atoms with van der Waals surface area (Å²) in [6, 6.07) is -0.624. The van der Waals surface area contributed by atoms with E-state index in [2.05, 4.69) is 19.2 Å². The van der Waals surface area contributed by atoms with Gasteiger partial charge in [-0.1, -0.05) is 418 Å². The molecule has 0 bridgehead atoms. The Morgan fingerprint density at radius 2 is 0.548 bits per heavy atom. The maximum absolute atomic E-state index is 12.5. The van der Waals surface area contributed by atoms with E-state index in [1.54, 1.807) is 6.08 Å². The average Bonchev–Trinajstić information content (AvgIpc) is 3.53. The van der Waals surface area contributed by atoms with Gasteiger partial charge >= 0.3 is 5.97 Å². The van der Waals surface area contributed by atoms with Crippen LogP contribution in [0.3, 0.4) is 0 Å². The maximum atomic E-state index is 12.5. The van der Waals surface area contributed by atoms with Gasteiger partial charge in [-0.05, 0) is 32.1 Å². The quantitative estimate of drug-likeness (QED) is 0.0320. The first-order valence-electron chi connectivity index (χ1n) is 39.0. The minimum Gasteiger partial charge on any atom is -0.466 e. The summed E-state index contributed by atoms with van der Waals surface area (Å²) in [6.45, 7) is 4.96. The second kappa shape index (κ2) is 74.1. The van der Waals surface area contributed by atoms with E-state index >= 15 is 0 Å². The molecule has 0 rings (SSSR count). The van der Waals surface area contributed by atoms with Crippen molar-refractivity contribution in [3.63, 3.8) is 0 Å². The minimum atomic E-state index is -0.841. The predicted molar refractivity (Wildman–Crippen MR) is 370 cm³/mol. The number of esters is 1. The summed E-state index contributed by atoms with van der Waals surface area (Å²) >= 11 is 0. The largest absolute Gasteiger partial charge is 0.466 e. The Morgan fingerprint density at radius 1 is 0.321 bits per heavy atom. The van der Waals surface area contributed by atoms with E-state index in [1.807, 2.05) is 6.08 Å². The Kier molecular flexibility index (Phi) is 72.8. The predicted octanol–water partition coefficient (Wildman–Crippen LogP) is 25.5. The molecule has 500 valence electrons. The highest BCUT2D eigenvalue weighted by Gasteiger charge is 2.18. The SMILES string of the molecule is CCCCCCCCCCCCCCCCC/C=C/C(O)C(CO)NC(=O)CCCCCCCCCCCCCCCCCCCCCCCCCCCCCCCCCCOC(=O)CCCCCCCCCCCCCCCCCCCC. The Labute approximate surface area is 527 Å². The Bertz CT molecular complexity index is 1270. The van der Waals surface area contributed by atoms with Crippen LogP contribution in [0, 0.1) is 0 Å². The highest BCUT2D eigenvalue weighted by atomic mass is 16.5. The lowest BCUT2D eigenvalue weighted by atomic mass is 10.0. The van der Waals surface area contributed by atoms with Crippen LogP contribution in [0.1, 0.15) is 450 Å². The van der Waals surface area contributed by atoms with Gasteiger partial charge in [0, 0.05) is 12.8 Å². The molecular weight excluding hydrogens is 1030 g/mol. The molecule has 84 heavy (non-hydrogen) atoms. The van der Waals surface area contributed by atoms with Crippen molar-refractivity contribution in [1.82, 2.24) is 5.32 Å². The van der Waals surface area contributed by atoms with E-state index in [1.165, 1.54) is 385 Å². The lowest BCUT2D eigenvalue weighted by molar-refractivity contribution is -0.143. The summed E-state index contributed by atoms with van der Waals surface area (Å²) < 4.78 is 5.52. The normalized spacial score (nSPS) is 12.5. The van der Waals surface area contributed by atoms with Crippen LogP contribution in [0.15, 0.2) is 12.2 Å². The third-order valence-corrected chi connectivity index (χ3v) is 18.6. The van der Waals surface area contributed by atoms with Gasteiger partial charge in [-0.2, -0.15) is 0 Å². The Morgan fingerprint density at radius 3 is 0.810 bits per heavy atom. The van der Waals surface area contributed by atoms with E-state index in [0.29, 0.717) is 19.4 Å². The average molecular weight is 1190 g/mol. The number of allylic oxidation sites excluding steroid dienone is 1. The van der Waals surface area contributed by atoms with Gasteiger partial charge in [0.15, 0.2) is 0 Å². The molecule has 2 atom stereocenters. The molecule has 0 aromatic carbocycles. The molecule has 0 saturated carbocycles. The fourth-order valence-electron chi connectivity index (χ4n) is 12.6. The summed E-state index contributed by atoms with van der Waals surface area (Å²) in [5.41, 5.74) is 0. The highest BCUT2D eigenvalue weighted by molar-refractivity contribution is 5.76. The minimum absolute atomic E-state index is 0.0266. The van der Waals surface area contributed by atoms with E-state index in [-0.39, 0.29) is 18.5 Å². The number of rotatable bonds is 74. The summed E-state index contributed by atoms with van der Waals surface area (Å²) in [6.07, 6.45) is 93.3. The van der Waals surface area contributed by atoms with Gasteiger partial charge in [0.05, 0.1) is 25.4 Å². The summed E-state index contributed by atoms with van der Waals surface area (Å²) in [5, 5.41) is 23.2. The molecule has 1 amide bonds. The standard InChI is InChI=1S/C78H153NO5/c1-3-5-7-9-11-13-15-17-19-21-40-44-48-52-56-60-64-68-72-78(83)84-73-69-65-61-57-53-49-45-41-37-35-33-31-29-27-25-23-22-24-26-28-30-32-34-36-39-43-47-51-55-59-63-67-71-77(82)79-75(74-80)76(81)70-66-62-58-54-50-46-42-38-20-18-16-14-12-10-8-6-4-2/h66,70,75-76,80-81H,3-65,67-69,71-74H2,1-2H3,(H,79,82)/b70-66+. The van der Waals surface area contributed by atoms with Crippen LogP contribution in [0.5, 0.6) is 0 Å². The second-order valence-electron chi connectivity index (χ2n) is 27.1. The van der Waals surface area contributed by atoms with E-state index < -0.39 is 12.1 Å². The zero-order valence-corrected chi connectivity index (χ0v) is 57.4. The monoisotopic (exact) mass is 1180 g/mol. The van der Waals surface area contributed by atoms with Gasteiger partial charge in [0.2, 0.25) is 5.91 Å². The number of aliphatic hydroxyl groups excluding tert-OH is 2. The maximum Gasteiger partial charge on any atom is 0.305 e. The first-order chi connectivity index (χ1) is 41.5. The first-order valence-corrected chi connectivity index (χ1v) is 39.0. The van der Waals surface area contributed by atoms with Crippen molar-refractivity contribution in [3.8, 4) is 0 Å². The van der Waals surface area contributed by atoms with Crippen LogP contribution in [0.4, 0.5) is 0 Å². The molecule has 2 unspecified atom stereocenters. The molecule has 0 radical (unpaired) electrons. The van der Waals surface area contributed by atoms with Crippen LogP contribution in [0.25, 0.3) is 0 Å². The first kappa shape index (κ1) is 82.6. The van der Waals surface area contributed by atoms with Gasteiger partial charge in [-0.3, -0.25) is 9.59 Å². The molecule has 0 aromatic heterocycles. The van der Waals surface area contributed by atoms with Crippen LogP contribution in [-0.2, 0) is 14.3 Å². The van der Waals surface area contributed by atoms with Gasteiger partial charge in [0.1, 0.15) is 0 Å². The van der Waals surface area contributed by atoms with Crippen LogP contribution >= 0.6 is 0 Å². The fourth-order valence-corrected chi connectivity index (χ4v) is 12.6. The molecule has 0 saturated heterocycles. The molecule has 0 aliphatic rings. The smallest absolute Gasteiger partial charge is 0.305 e. The molecule has 0 heterocycles. The van der Waals surface area contributed by atoms with Crippen molar-refractivity contribution in [1.29, 1.82) is 0 Å². The van der Waals surface area contributed by atoms with Gasteiger partial charge in [0.25, 0.3) is 0 Å². The Hall–Kier alpha value is -1.40. The summed E-state index contributed by atoms with van der Waals surface area (Å²) in [5.74, 6) is -0.0328. The summed E-state index contributed by atoms with van der Waals surface area (Å²) in [7, 11) is 0. The van der Waals surface area contributed by atoms with Crippen molar-refractivity contribution >= 4 is 11.9 Å². The van der Waals surface area contributed by atoms with Crippen molar-refractivity contribution < 1.29 is 24.5 Å². The van der Waals surface area contributed by atoms with Crippen molar-refractivity contribution in [3.05, 3.63) is 12.2 Å². The number of nitrogens with one attached hydrogen (secondary N) is 1. The molecule has 6 heteroatoms. The number of aliphatic hydroxyl groups is 2. The number of amides is 1. The number of unbranched alkanes of at least 4 members (excludes halogenated alkanes) is 63. The number of ether oxygens (including phenoxy) is 1. The molecular formula is C78H153NO5. The van der Waals surface area contributed by atoms with Crippen molar-refractivity contribution in [2.24, 2.45) is 0 Å². The number of hydrogen-bond donors (Lipinski definition) is 3. The van der Waals surface area contributed by atoms with Gasteiger partial charge in [-0.25, -0.2) is 0 Å². The van der Waals surface area contributed by atoms with Crippen molar-refractivity contribution in [2.45, 2.75) is 463 Å². The van der Waals surface area contributed by atoms with Crippen LogP contribution in [0.2, 0.25) is 0 Å². The topological polar surface area (TPSA) is 95.9 Å². The van der Waals surface area contributed by atoms with E-state index in [0.717, 1.165) is 38.5 Å². The number of carbonyl (C=O) groups excluding carboxylic acids is 2. The van der Waals surface area contributed by atoms with Gasteiger partial charge in [-0.15, -0.1) is 0 Å². The third kappa shape index (κ3) is 69.7. The Balaban J connectivity index is 3.31. The number of hydrogen-bond acceptors (Lipinski definition) is 5. The molecule has 0 fully saturated rings. The highest BCUT2D eigenvalue weighted by Crippen LogP contribution is 2.20. The zero-order chi connectivity index (χ0) is 60.6. The van der Waals surface area contributed by atoms with Crippen LogP contribution < -0.4 is 5.32 Å². The summed E-state index contributed by atoms with van der Waals surface area (Å²) in [4.78, 5) is 24.6. The van der Waals surface area contributed by atoms with Crippen molar-refractivity contribution in [2.75, 3.05) is 13.2 Å². The zero-order valence-electron chi connectivity index (χ0n) is 57.4. The van der Waals surface area contributed by atoms with Gasteiger partial charge < -0.3 is 20.3 Å². The fraction of sp³-hybridized carbons (Fsp3) is 0.949. The molecule has 0 aliphatic heterocycles. The third-order valence-electron chi connectivity index (χ3n) is 18.6. The molecule has 0 aliphatic carbocycles. The lowest BCUT2D eigenvalue weighted by Gasteiger charge is -2.20. The second-order valence-corrected chi connectivity index (χ2v) is 27.1. The molecule has 3 N–H and O–H groups in total. The molecule has 0 aromatic rings. The van der Waals surface area contributed by atoms with E-state index in [4.69, 9.17) is 4.74 Å². The lowest BCUT2D eigenvalue weighted by Crippen LogP contribution is -2.45.